The third kappa shape index (κ3) is 2.34. The minimum Gasteiger partial charge on any atom is -0.359 e. The number of anilines is 1. The van der Waals surface area contributed by atoms with Crippen LogP contribution >= 0.6 is 0 Å². The van der Waals surface area contributed by atoms with Gasteiger partial charge in [0.2, 0.25) is 0 Å². The molecule has 0 bridgehead atoms. The Morgan fingerprint density at radius 2 is 2.21 bits per heavy atom. The van der Waals surface area contributed by atoms with Crippen LogP contribution in [0, 0.1) is 5.41 Å². The van der Waals surface area contributed by atoms with E-state index in [1.807, 2.05) is 0 Å². The Bertz CT molecular complexity index is 618. The zero-order chi connectivity index (χ0) is 14.2. The summed E-state index contributed by atoms with van der Waals surface area (Å²) in [6.45, 7) is 3.16. The highest BCUT2D eigenvalue weighted by Crippen LogP contribution is 2.18. The van der Waals surface area contributed by atoms with Gasteiger partial charge in [0.15, 0.2) is 6.29 Å². The van der Waals surface area contributed by atoms with E-state index in [1.54, 1.807) is 20.0 Å². The largest absolute Gasteiger partial charge is 0.359 e. The third-order valence-electron chi connectivity index (χ3n) is 2.73. The number of hydrogen-bond acceptors (Lipinski definition) is 6. The van der Waals surface area contributed by atoms with Gasteiger partial charge in [-0.1, -0.05) is 0 Å². The second-order valence-corrected chi connectivity index (χ2v) is 6.71. The van der Waals surface area contributed by atoms with Crippen LogP contribution in [0.4, 0.5) is 5.69 Å². The highest BCUT2D eigenvalue weighted by Gasteiger charge is 2.25. The SMILES string of the molecule is CC(C)S(=O)(=O)n1cc(N2C(=N)C=CNC2N)cn1. The molecule has 1 aromatic heterocycles. The summed E-state index contributed by atoms with van der Waals surface area (Å²) in [6, 6.07) is 0. The van der Waals surface area contributed by atoms with Crippen LogP contribution in [0.2, 0.25) is 0 Å². The summed E-state index contributed by atoms with van der Waals surface area (Å²) in [5, 5.41) is 13.9. The zero-order valence-corrected chi connectivity index (χ0v) is 11.4. The highest BCUT2D eigenvalue weighted by molar-refractivity contribution is 7.90. The molecule has 19 heavy (non-hydrogen) atoms. The summed E-state index contributed by atoms with van der Waals surface area (Å²) >= 11 is 0. The minimum atomic E-state index is -3.50. The molecule has 2 heterocycles. The van der Waals surface area contributed by atoms with E-state index >= 15 is 0 Å². The smallest absolute Gasteiger partial charge is 0.256 e. The van der Waals surface area contributed by atoms with Crippen molar-refractivity contribution in [1.29, 1.82) is 5.41 Å². The molecule has 4 N–H and O–H groups in total. The first-order chi connectivity index (χ1) is 8.84. The average Bonchev–Trinajstić information content (AvgIpc) is 2.78. The lowest BCUT2D eigenvalue weighted by Crippen LogP contribution is -2.55. The second kappa shape index (κ2) is 4.67. The summed E-state index contributed by atoms with van der Waals surface area (Å²) in [5.74, 6) is 0.160. The van der Waals surface area contributed by atoms with Crippen molar-refractivity contribution in [3.05, 3.63) is 24.7 Å². The van der Waals surface area contributed by atoms with Crippen LogP contribution in [-0.4, -0.2) is 35.0 Å². The Labute approximate surface area is 111 Å². The fourth-order valence-corrected chi connectivity index (χ4v) is 2.47. The van der Waals surface area contributed by atoms with Gasteiger partial charge >= 0.3 is 0 Å². The van der Waals surface area contributed by atoms with Gasteiger partial charge in [0, 0.05) is 6.20 Å². The van der Waals surface area contributed by atoms with Crippen LogP contribution in [0.3, 0.4) is 0 Å². The molecule has 0 saturated heterocycles. The zero-order valence-electron chi connectivity index (χ0n) is 10.6. The lowest BCUT2D eigenvalue weighted by Gasteiger charge is -2.31. The molecule has 2 rings (SSSR count). The number of rotatable bonds is 3. The molecule has 1 unspecified atom stereocenters. The number of aromatic nitrogens is 2. The van der Waals surface area contributed by atoms with Crippen molar-refractivity contribution >= 4 is 21.5 Å². The van der Waals surface area contributed by atoms with Crippen LogP contribution < -0.4 is 16.0 Å². The molecule has 0 radical (unpaired) electrons. The normalized spacial score (nSPS) is 19.9. The number of nitrogens with two attached hydrogens (primary N) is 1. The maximum Gasteiger partial charge on any atom is 0.256 e. The topological polar surface area (TPSA) is 117 Å². The fourth-order valence-electron chi connectivity index (χ4n) is 1.61. The van der Waals surface area contributed by atoms with Crippen LogP contribution in [-0.2, 0) is 10.0 Å². The Kier molecular flexibility index (Phi) is 3.33. The highest BCUT2D eigenvalue weighted by atomic mass is 32.2. The number of hydrogen-bond donors (Lipinski definition) is 3. The molecule has 0 saturated carbocycles. The molecule has 0 aliphatic carbocycles. The van der Waals surface area contributed by atoms with Gasteiger partial charge in [-0.15, -0.1) is 0 Å². The molecule has 8 nitrogen and oxygen atoms in total. The number of nitrogens with zero attached hydrogens (tertiary/aromatic N) is 3. The summed E-state index contributed by atoms with van der Waals surface area (Å²) in [5.41, 5.74) is 6.26. The van der Waals surface area contributed by atoms with E-state index in [1.165, 1.54) is 23.4 Å². The van der Waals surface area contributed by atoms with Crippen molar-refractivity contribution < 1.29 is 8.42 Å². The number of nitrogens with one attached hydrogen (secondary N) is 2. The Morgan fingerprint density at radius 1 is 1.53 bits per heavy atom. The molecule has 1 aliphatic rings. The maximum atomic E-state index is 12.0. The van der Waals surface area contributed by atoms with Crippen molar-refractivity contribution in [2.75, 3.05) is 4.90 Å². The van der Waals surface area contributed by atoms with Gasteiger partial charge in [0.05, 0.1) is 23.3 Å². The molecule has 1 atom stereocenters. The minimum absolute atomic E-state index is 0.160. The first-order valence-electron chi connectivity index (χ1n) is 5.69. The average molecular weight is 284 g/mol. The molecule has 1 aromatic rings. The van der Waals surface area contributed by atoms with E-state index in [0.29, 0.717) is 5.69 Å². The van der Waals surface area contributed by atoms with Gasteiger partial charge in [-0.25, -0.2) is 8.42 Å². The van der Waals surface area contributed by atoms with Gasteiger partial charge in [0.25, 0.3) is 10.0 Å². The van der Waals surface area contributed by atoms with Crippen molar-refractivity contribution in [1.82, 2.24) is 14.5 Å². The molecule has 104 valence electrons. The monoisotopic (exact) mass is 284 g/mol. The van der Waals surface area contributed by atoms with E-state index in [2.05, 4.69) is 10.4 Å². The van der Waals surface area contributed by atoms with Crippen molar-refractivity contribution in [3.63, 3.8) is 0 Å². The third-order valence-corrected chi connectivity index (χ3v) is 4.64. The summed E-state index contributed by atoms with van der Waals surface area (Å²) in [4.78, 5) is 1.44. The predicted molar refractivity (Wildman–Crippen MR) is 72.1 cm³/mol. The quantitative estimate of drug-likeness (QED) is 0.696. The first kappa shape index (κ1) is 13.6. The van der Waals surface area contributed by atoms with Crippen LogP contribution in [0.1, 0.15) is 13.8 Å². The Morgan fingerprint density at radius 3 is 2.79 bits per heavy atom. The molecular formula is C10H16N6O2S. The Balaban J connectivity index is 2.37. The van der Waals surface area contributed by atoms with Gasteiger partial charge in [-0.2, -0.15) is 9.19 Å². The van der Waals surface area contributed by atoms with Crippen molar-refractivity contribution in [2.45, 2.75) is 25.4 Å². The van der Waals surface area contributed by atoms with Crippen LogP contribution in [0.5, 0.6) is 0 Å². The molecule has 0 fully saturated rings. The standard InChI is InChI=1S/C10H16N6O2S/c1-7(2)19(17,18)15-6-8(5-14-15)16-9(11)3-4-13-10(16)12/h3-7,10-11,13H,12H2,1-2H3. The molecule has 0 aromatic carbocycles. The van der Waals surface area contributed by atoms with Crippen LogP contribution in [0.25, 0.3) is 0 Å². The Hall–Kier alpha value is -1.87. The molecular weight excluding hydrogens is 268 g/mol. The maximum absolute atomic E-state index is 12.0. The summed E-state index contributed by atoms with van der Waals surface area (Å²) < 4.78 is 24.8. The van der Waals surface area contributed by atoms with Gasteiger partial charge in [0.1, 0.15) is 5.84 Å². The predicted octanol–water partition coefficient (Wildman–Crippen LogP) is -0.388. The summed E-state index contributed by atoms with van der Waals surface area (Å²) in [7, 11) is -3.50. The molecule has 0 amide bonds. The summed E-state index contributed by atoms with van der Waals surface area (Å²) in [6.07, 6.45) is 5.19. The fraction of sp³-hybridized carbons (Fsp3) is 0.400. The lowest BCUT2D eigenvalue weighted by molar-refractivity contribution is 0.570. The van der Waals surface area contributed by atoms with Crippen molar-refractivity contribution in [2.24, 2.45) is 5.73 Å². The molecule has 0 spiro atoms. The molecule has 9 heteroatoms. The van der Waals surface area contributed by atoms with Crippen molar-refractivity contribution in [3.8, 4) is 0 Å². The van der Waals surface area contributed by atoms with Gasteiger partial charge < -0.3 is 5.32 Å². The second-order valence-electron chi connectivity index (χ2n) is 4.36. The number of amidine groups is 1. The first-order valence-corrected chi connectivity index (χ1v) is 7.19. The van der Waals surface area contributed by atoms with Gasteiger partial charge in [-0.05, 0) is 19.9 Å². The van der Waals surface area contributed by atoms with Crippen LogP contribution in [0.15, 0.2) is 24.7 Å². The van der Waals surface area contributed by atoms with E-state index in [9.17, 15) is 8.42 Å². The van der Waals surface area contributed by atoms with E-state index in [-0.39, 0.29) is 5.84 Å². The van der Waals surface area contributed by atoms with E-state index < -0.39 is 21.6 Å². The lowest BCUT2D eigenvalue weighted by atomic mass is 10.3. The van der Waals surface area contributed by atoms with E-state index in [4.69, 9.17) is 11.1 Å². The molecule has 1 aliphatic heterocycles. The van der Waals surface area contributed by atoms with Gasteiger partial charge in [-0.3, -0.25) is 16.0 Å². The van der Waals surface area contributed by atoms with E-state index in [0.717, 1.165) is 4.09 Å².